The molecule has 0 unspecified atom stereocenters. The van der Waals surface area contributed by atoms with Crippen LogP contribution in [-0.4, -0.2) is 16.7 Å². The van der Waals surface area contributed by atoms with E-state index in [4.69, 9.17) is 0 Å². The zero-order valence-corrected chi connectivity index (χ0v) is 14.2. The van der Waals surface area contributed by atoms with Crippen molar-refractivity contribution < 1.29 is 9.59 Å². The number of carbonyl (C=O) groups is 2. The van der Waals surface area contributed by atoms with Crippen molar-refractivity contribution >= 4 is 33.3 Å². The smallest absolute Gasteiger partial charge is 0.255 e. The van der Waals surface area contributed by atoms with Crippen molar-refractivity contribution in [1.29, 1.82) is 0 Å². The molecule has 0 fully saturated rings. The molecule has 0 bridgehead atoms. The number of nitrogens with zero attached hydrogens (tertiary/aromatic N) is 1. The Balaban J connectivity index is 1.91. The molecule has 0 aliphatic rings. The van der Waals surface area contributed by atoms with Crippen molar-refractivity contribution in [2.24, 2.45) is 0 Å². The van der Waals surface area contributed by atoms with E-state index in [1.165, 1.54) is 0 Å². The molecule has 0 spiro atoms. The lowest BCUT2D eigenvalue weighted by atomic mass is 10.0. The zero-order valence-electron chi connectivity index (χ0n) is 12.6. The summed E-state index contributed by atoms with van der Waals surface area (Å²) in [7, 11) is 0. The number of nitrogens with one attached hydrogen (secondary N) is 1. The summed E-state index contributed by atoms with van der Waals surface area (Å²) in [5.41, 5.74) is 1.69. The van der Waals surface area contributed by atoms with Gasteiger partial charge in [0.2, 0.25) is 5.78 Å². The first-order chi connectivity index (χ1) is 11.6. The van der Waals surface area contributed by atoms with Crippen molar-refractivity contribution in [3.8, 4) is 0 Å². The van der Waals surface area contributed by atoms with Crippen LogP contribution in [0.3, 0.4) is 0 Å². The van der Waals surface area contributed by atoms with Gasteiger partial charge in [0.15, 0.2) is 0 Å². The van der Waals surface area contributed by atoms with Crippen molar-refractivity contribution in [1.82, 2.24) is 4.98 Å². The lowest BCUT2D eigenvalue weighted by molar-refractivity contribution is 0.102. The Morgan fingerprint density at radius 1 is 0.917 bits per heavy atom. The topological polar surface area (TPSA) is 59.1 Å². The van der Waals surface area contributed by atoms with Gasteiger partial charge in [0.1, 0.15) is 5.69 Å². The monoisotopic (exact) mass is 380 g/mol. The number of para-hydroxylation sites is 1. The van der Waals surface area contributed by atoms with Crippen molar-refractivity contribution in [2.45, 2.75) is 0 Å². The van der Waals surface area contributed by atoms with Gasteiger partial charge in [-0.3, -0.25) is 14.6 Å². The Morgan fingerprint density at radius 3 is 2.38 bits per heavy atom. The van der Waals surface area contributed by atoms with Gasteiger partial charge in [-0.25, -0.2) is 0 Å². The van der Waals surface area contributed by atoms with E-state index in [-0.39, 0.29) is 11.7 Å². The molecule has 1 N–H and O–H groups in total. The van der Waals surface area contributed by atoms with Gasteiger partial charge in [-0.2, -0.15) is 0 Å². The minimum atomic E-state index is -0.266. The maximum atomic E-state index is 12.7. The zero-order chi connectivity index (χ0) is 16.9. The van der Waals surface area contributed by atoms with Gasteiger partial charge in [-0.1, -0.05) is 46.3 Å². The highest BCUT2D eigenvalue weighted by atomic mass is 79.9. The summed E-state index contributed by atoms with van der Waals surface area (Å²) in [6, 6.07) is 19.2. The second kappa shape index (κ2) is 7.19. The fourth-order valence-electron chi connectivity index (χ4n) is 2.24. The first-order valence-electron chi connectivity index (χ1n) is 7.27. The van der Waals surface area contributed by atoms with Gasteiger partial charge in [0, 0.05) is 21.8 Å². The van der Waals surface area contributed by atoms with Crippen LogP contribution in [0.4, 0.5) is 5.69 Å². The van der Waals surface area contributed by atoms with Crippen molar-refractivity contribution in [2.75, 3.05) is 5.32 Å². The SMILES string of the molecule is O=C(Nc1ccccc1C(=O)c1cc(Br)ccn1)c1ccccc1. The van der Waals surface area contributed by atoms with Crippen LogP contribution in [-0.2, 0) is 0 Å². The van der Waals surface area contributed by atoms with E-state index in [0.717, 1.165) is 4.47 Å². The third-order valence-corrected chi connectivity index (χ3v) is 3.90. The number of anilines is 1. The van der Waals surface area contributed by atoms with E-state index in [1.807, 2.05) is 6.07 Å². The highest BCUT2D eigenvalue weighted by molar-refractivity contribution is 9.10. The molecular weight excluding hydrogens is 368 g/mol. The highest BCUT2D eigenvalue weighted by Gasteiger charge is 2.16. The Morgan fingerprint density at radius 2 is 1.62 bits per heavy atom. The Bertz CT molecular complexity index is 895. The molecule has 0 atom stereocenters. The molecule has 2 aromatic carbocycles. The molecule has 0 radical (unpaired) electrons. The first-order valence-corrected chi connectivity index (χ1v) is 8.06. The molecule has 1 amide bonds. The van der Waals surface area contributed by atoms with Crippen LogP contribution >= 0.6 is 15.9 Å². The number of pyridine rings is 1. The third-order valence-electron chi connectivity index (χ3n) is 3.41. The second-order valence-corrected chi connectivity index (χ2v) is 5.97. The van der Waals surface area contributed by atoms with Gasteiger partial charge in [-0.15, -0.1) is 0 Å². The number of hydrogen-bond donors (Lipinski definition) is 1. The van der Waals surface area contributed by atoms with E-state index in [9.17, 15) is 9.59 Å². The van der Waals surface area contributed by atoms with Crippen LogP contribution in [0.15, 0.2) is 77.4 Å². The molecule has 4 nitrogen and oxygen atoms in total. The maximum absolute atomic E-state index is 12.7. The molecule has 1 aromatic heterocycles. The van der Waals surface area contributed by atoms with E-state index in [0.29, 0.717) is 22.5 Å². The largest absolute Gasteiger partial charge is 0.321 e. The minimum Gasteiger partial charge on any atom is -0.321 e. The number of halogens is 1. The lowest BCUT2D eigenvalue weighted by Crippen LogP contribution is -2.15. The summed E-state index contributed by atoms with van der Waals surface area (Å²) in [5, 5.41) is 2.79. The molecule has 118 valence electrons. The molecule has 0 saturated heterocycles. The average Bonchev–Trinajstić information content (AvgIpc) is 2.62. The van der Waals surface area contributed by atoms with Crippen LogP contribution in [0.2, 0.25) is 0 Å². The van der Waals surface area contributed by atoms with Crippen LogP contribution in [0.5, 0.6) is 0 Å². The number of aromatic nitrogens is 1. The molecular formula is C19H13BrN2O2. The Labute approximate surface area is 147 Å². The molecule has 5 heteroatoms. The molecule has 24 heavy (non-hydrogen) atoms. The van der Waals surface area contributed by atoms with Gasteiger partial charge in [0.05, 0.1) is 5.69 Å². The summed E-state index contributed by atoms with van der Waals surface area (Å²) in [4.78, 5) is 29.1. The van der Waals surface area contributed by atoms with Gasteiger partial charge in [0.25, 0.3) is 5.91 Å². The summed E-state index contributed by atoms with van der Waals surface area (Å²) < 4.78 is 0.770. The van der Waals surface area contributed by atoms with E-state index >= 15 is 0 Å². The lowest BCUT2D eigenvalue weighted by Gasteiger charge is -2.10. The van der Waals surface area contributed by atoms with Crippen LogP contribution in [0, 0.1) is 0 Å². The molecule has 0 aliphatic heterocycles. The molecule has 3 rings (SSSR count). The first kappa shape index (κ1) is 16.1. The summed E-state index contributed by atoms with van der Waals surface area (Å²) in [5.74, 6) is -0.515. The average molecular weight is 381 g/mol. The van der Waals surface area contributed by atoms with E-state index in [1.54, 1.807) is 66.9 Å². The molecule has 0 aliphatic carbocycles. The van der Waals surface area contributed by atoms with Crippen LogP contribution in [0.1, 0.15) is 26.4 Å². The number of benzene rings is 2. The molecule has 3 aromatic rings. The maximum Gasteiger partial charge on any atom is 0.255 e. The van der Waals surface area contributed by atoms with Crippen LogP contribution in [0.25, 0.3) is 0 Å². The summed E-state index contributed by atoms with van der Waals surface area (Å²) in [6.45, 7) is 0. The predicted molar refractivity (Wildman–Crippen MR) is 96.2 cm³/mol. The number of ketones is 1. The van der Waals surface area contributed by atoms with E-state index in [2.05, 4.69) is 26.2 Å². The normalized spacial score (nSPS) is 10.2. The standard InChI is InChI=1S/C19H13BrN2O2/c20-14-10-11-21-17(12-14)18(23)15-8-4-5-9-16(15)22-19(24)13-6-2-1-3-7-13/h1-12H,(H,22,24). The third kappa shape index (κ3) is 3.58. The second-order valence-electron chi connectivity index (χ2n) is 5.05. The fraction of sp³-hybridized carbons (Fsp3) is 0. The van der Waals surface area contributed by atoms with E-state index < -0.39 is 0 Å². The van der Waals surface area contributed by atoms with Gasteiger partial charge >= 0.3 is 0 Å². The number of hydrogen-bond acceptors (Lipinski definition) is 3. The summed E-state index contributed by atoms with van der Waals surface area (Å²) >= 11 is 3.33. The van der Waals surface area contributed by atoms with Crippen molar-refractivity contribution in [3.63, 3.8) is 0 Å². The Kier molecular flexibility index (Phi) is 4.82. The van der Waals surface area contributed by atoms with Gasteiger partial charge < -0.3 is 5.32 Å². The Hall–Kier alpha value is -2.79. The minimum absolute atomic E-state index is 0.250. The highest BCUT2D eigenvalue weighted by Crippen LogP contribution is 2.20. The number of rotatable bonds is 4. The predicted octanol–water partition coefficient (Wildman–Crippen LogP) is 4.33. The van der Waals surface area contributed by atoms with Crippen molar-refractivity contribution in [3.05, 3.63) is 94.2 Å². The summed E-state index contributed by atoms with van der Waals surface area (Å²) in [6.07, 6.45) is 1.56. The van der Waals surface area contributed by atoms with Crippen LogP contribution < -0.4 is 5.32 Å². The number of amides is 1. The number of carbonyl (C=O) groups excluding carboxylic acids is 2. The molecule has 0 saturated carbocycles. The fourth-order valence-corrected chi connectivity index (χ4v) is 2.58. The quantitative estimate of drug-likeness (QED) is 0.685. The van der Waals surface area contributed by atoms with Gasteiger partial charge in [-0.05, 0) is 36.4 Å². The molecule has 1 heterocycles.